The molecule has 6 atom stereocenters. The van der Waals surface area contributed by atoms with Crippen molar-refractivity contribution in [3.63, 3.8) is 0 Å². The number of piperidine rings is 1. The normalized spacial score (nSPS) is 38.9. The second-order valence-corrected chi connectivity index (χ2v) is 10.3. The summed E-state index contributed by atoms with van der Waals surface area (Å²) in [5.74, 6) is 1.14. The maximum absolute atomic E-state index is 12.4. The van der Waals surface area contributed by atoms with E-state index in [9.17, 15) is 15.0 Å². The number of phenols is 1. The first-order valence-corrected chi connectivity index (χ1v) is 11.7. The molecule has 3 N–H and O–H groups in total. The maximum Gasteiger partial charge on any atom is 0.322 e. The first-order valence-electron chi connectivity index (χ1n) is 11.7. The molecule has 6 rings (SSSR count). The van der Waals surface area contributed by atoms with E-state index in [2.05, 4.69) is 10.2 Å². The molecule has 0 radical (unpaired) electrons. The molecule has 0 amide bonds. The van der Waals surface area contributed by atoms with E-state index in [1.165, 1.54) is 25.5 Å². The zero-order valence-corrected chi connectivity index (χ0v) is 18.3. The van der Waals surface area contributed by atoms with Gasteiger partial charge in [-0.2, -0.15) is 0 Å². The molecule has 3 fully saturated rings. The van der Waals surface area contributed by atoms with Crippen molar-refractivity contribution in [1.29, 1.82) is 0 Å². The van der Waals surface area contributed by atoms with Gasteiger partial charge in [-0.3, -0.25) is 15.0 Å². The highest BCUT2D eigenvalue weighted by atomic mass is 16.5. The van der Waals surface area contributed by atoms with Gasteiger partial charge in [-0.05, 0) is 69.5 Å². The lowest BCUT2D eigenvalue weighted by atomic mass is 9.48. The standard InChI is InChI=1S/C24H32N2O5/c1-13(22(28)30-2)25-16-7-8-24(29)18-11-15-5-6-17(27)20-19(15)23(24,21(16)31-20)9-10-26(18)12-14-3-4-14/h5-6,13-14,16,18,21,25,27,29H,3-4,7-12H2,1-2H3/t13?,16-,18+,21-,23?,24+/m0/s1. The predicted molar refractivity (Wildman–Crippen MR) is 113 cm³/mol. The maximum atomic E-state index is 12.4. The molecule has 168 valence electrons. The van der Waals surface area contributed by atoms with Crippen molar-refractivity contribution in [2.24, 2.45) is 5.92 Å². The molecule has 2 unspecified atom stereocenters. The highest BCUT2D eigenvalue weighted by Gasteiger charge is 2.73. The molecule has 1 spiro atoms. The Labute approximate surface area is 182 Å². The first-order chi connectivity index (χ1) is 14.9. The van der Waals surface area contributed by atoms with Crippen LogP contribution in [0.3, 0.4) is 0 Å². The zero-order chi connectivity index (χ0) is 21.5. The lowest BCUT2D eigenvalue weighted by Crippen LogP contribution is -2.78. The number of methoxy groups -OCH3 is 1. The third-order valence-electron chi connectivity index (χ3n) is 8.78. The molecule has 1 aromatic carbocycles. The topological polar surface area (TPSA) is 91.3 Å². The number of ether oxygens (including phenoxy) is 2. The molecule has 2 saturated carbocycles. The molecule has 0 aromatic heterocycles. The number of likely N-dealkylation sites (tertiary alicyclic amines) is 1. The van der Waals surface area contributed by atoms with Crippen molar-refractivity contribution in [2.45, 2.75) is 80.7 Å². The van der Waals surface area contributed by atoms with Crippen LogP contribution in [-0.4, -0.2) is 71.1 Å². The fourth-order valence-electron chi connectivity index (χ4n) is 7.22. The van der Waals surface area contributed by atoms with Crippen LogP contribution in [0.5, 0.6) is 11.5 Å². The van der Waals surface area contributed by atoms with Crippen LogP contribution in [0.4, 0.5) is 0 Å². The van der Waals surface area contributed by atoms with Crippen molar-refractivity contribution in [3.8, 4) is 11.5 Å². The summed E-state index contributed by atoms with van der Waals surface area (Å²) < 4.78 is 11.4. The monoisotopic (exact) mass is 428 g/mol. The quantitative estimate of drug-likeness (QED) is 0.612. The number of rotatable bonds is 5. The zero-order valence-electron chi connectivity index (χ0n) is 18.3. The summed E-state index contributed by atoms with van der Waals surface area (Å²) in [5.41, 5.74) is 0.737. The number of esters is 1. The van der Waals surface area contributed by atoms with Gasteiger partial charge in [-0.25, -0.2) is 0 Å². The first kappa shape index (κ1) is 19.8. The van der Waals surface area contributed by atoms with E-state index < -0.39 is 17.1 Å². The minimum atomic E-state index is -0.899. The van der Waals surface area contributed by atoms with Crippen LogP contribution in [0, 0.1) is 5.92 Å². The van der Waals surface area contributed by atoms with Gasteiger partial charge >= 0.3 is 5.97 Å². The van der Waals surface area contributed by atoms with Gasteiger partial charge in [0.25, 0.3) is 0 Å². The second kappa shape index (κ2) is 6.59. The van der Waals surface area contributed by atoms with Crippen LogP contribution < -0.4 is 10.1 Å². The van der Waals surface area contributed by atoms with Crippen LogP contribution in [0.1, 0.15) is 50.2 Å². The molecule has 7 nitrogen and oxygen atoms in total. The molecule has 2 bridgehead atoms. The number of aliphatic hydroxyl groups is 1. The molecule has 31 heavy (non-hydrogen) atoms. The fraction of sp³-hybridized carbons (Fsp3) is 0.708. The van der Waals surface area contributed by atoms with Crippen LogP contribution >= 0.6 is 0 Å². The summed E-state index contributed by atoms with van der Waals surface area (Å²) in [5, 5.41) is 26.5. The average Bonchev–Trinajstić information content (AvgIpc) is 3.49. The second-order valence-electron chi connectivity index (χ2n) is 10.3. The van der Waals surface area contributed by atoms with Crippen LogP contribution in [0.25, 0.3) is 0 Å². The molecule has 3 aliphatic carbocycles. The van der Waals surface area contributed by atoms with Gasteiger partial charge in [-0.1, -0.05) is 6.07 Å². The Bertz CT molecular complexity index is 933. The number of carbonyl (C=O) groups is 1. The summed E-state index contributed by atoms with van der Waals surface area (Å²) in [6, 6.07) is 3.24. The Hall–Kier alpha value is -1.83. The van der Waals surface area contributed by atoms with Crippen molar-refractivity contribution in [1.82, 2.24) is 10.2 Å². The number of nitrogens with one attached hydrogen (secondary N) is 1. The predicted octanol–water partition coefficient (Wildman–Crippen LogP) is 1.48. The summed E-state index contributed by atoms with van der Waals surface area (Å²) >= 11 is 0. The van der Waals surface area contributed by atoms with Gasteiger partial charge in [0.15, 0.2) is 11.5 Å². The third kappa shape index (κ3) is 2.54. The van der Waals surface area contributed by atoms with Crippen LogP contribution in [0.15, 0.2) is 12.1 Å². The molecular formula is C24H32N2O5. The lowest BCUT2D eigenvalue weighted by Gasteiger charge is -2.64. The van der Waals surface area contributed by atoms with E-state index in [0.717, 1.165) is 37.4 Å². The minimum Gasteiger partial charge on any atom is -0.504 e. The van der Waals surface area contributed by atoms with Crippen molar-refractivity contribution in [2.75, 3.05) is 20.2 Å². The molecule has 7 heteroatoms. The summed E-state index contributed by atoms with van der Waals surface area (Å²) in [6.07, 6.45) is 5.22. The molecular weight excluding hydrogens is 396 g/mol. The number of aromatic hydroxyl groups is 1. The molecule has 5 aliphatic rings. The van der Waals surface area contributed by atoms with Crippen molar-refractivity contribution >= 4 is 5.97 Å². The molecule has 2 aliphatic heterocycles. The number of phenolic OH excluding ortho intramolecular Hbond substituents is 1. The Balaban J connectivity index is 1.44. The SMILES string of the molecule is COC(=O)C(C)N[C@H]1CC[C@@]2(O)[C@H]3Cc4ccc(O)c5c4C2(CCN3CC2CC2)[C@H]1O5. The van der Waals surface area contributed by atoms with Gasteiger partial charge in [0, 0.05) is 24.2 Å². The average molecular weight is 429 g/mol. The van der Waals surface area contributed by atoms with E-state index in [0.29, 0.717) is 18.6 Å². The number of benzene rings is 1. The number of nitrogens with zero attached hydrogens (tertiary/aromatic N) is 1. The van der Waals surface area contributed by atoms with E-state index in [-0.39, 0.29) is 29.9 Å². The van der Waals surface area contributed by atoms with E-state index in [1.54, 1.807) is 13.0 Å². The summed E-state index contributed by atoms with van der Waals surface area (Å²) in [4.78, 5) is 14.6. The summed E-state index contributed by atoms with van der Waals surface area (Å²) in [7, 11) is 1.40. The van der Waals surface area contributed by atoms with Crippen LogP contribution in [-0.2, 0) is 21.4 Å². The Kier molecular flexibility index (Phi) is 4.22. The number of carbonyl (C=O) groups excluding carboxylic acids is 1. The number of hydrogen-bond acceptors (Lipinski definition) is 7. The Morgan fingerprint density at radius 3 is 2.90 bits per heavy atom. The molecule has 1 saturated heterocycles. The molecule has 2 heterocycles. The minimum absolute atomic E-state index is 0.0647. The van der Waals surface area contributed by atoms with Crippen molar-refractivity contribution in [3.05, 3.63) is 23.3 Å². The fourth-order valence-corrected chi connectivity index (χ4v) is 7.22. The lowest BCUT2D eigenvalue weighted by molar-refractivity contribution is -0.192. The van der Waals surface area contributed by atoms with E-state index >= 15 is 0 Å². The van der Waals surface area contributed by atoms with Gasteiger partial charge < -0.3 is 19.7 Å². The van der Waals surface area contributed by atoms with Crippen LogP contribution in [0.2, 0.25) is 0 Å². The molecule has 1 aromatic rings. The van der Waals surface area contributed by atoms with Gasteiger partial charge in [-0.15, -0.1) is 0 Å². The van der Waals surface area contributed by atoms with Gasteiger partial charge in [0.2, 0.25) is 0 Å². The summed E-state index contributed by atoms with van der Waals surface area (Å²) in [6.45, 7) is 3.80. The van der Waals surface area contributed by atoms with Crippen molar-refractivity contribution < 1.29 is 24.5 Å². The highest BCUT2D eigenvalue weighted by molar-refractivity contribution is 5.75. The highest BCUT2D eigenvalue weighted by Crippen LogP contribution is 2.65. The van der Waals surface area contributed by atoms with E-state index in [1.807, 2.05) is 6.07 Å². The smallest absolute Gasteiger partial charge is 0.322 e. The van der Waals surface area contributed by atoms with Gasteiger partial charge in [0.05, 0.1) is 18.1 Å². The number of hydrogen-bond donors (Lipinski definition) is 3. The van der Waals surface area contributed by atoms with Gasteiger partial charge in [0.1, 0.15) is 12.1 Å². The Morgan fingerprint density at radius 2 is 2.16 bits per heavy atom. The third-order valence-corrected chi connectivity index (χ3v) is 8.78. The van der Waals surface area contributed by atoms with E-state index in [4.69, 9.17) is 9.47 Å². The largest absolute Gasteiger partial charge is 0.504 e. The Morgan fingerprint density at radius 1 is 1.35 bits per heavy atom.